The third kappa shape index (κ3) is 6.29. The van der Waals surface area contributed by atoms with Gasteiger partial charge in [0.1, 0.15) is 5.69 Å². The Morgan fingerprint density at radius 1 is 0.951 bits per heavy atom. The fourth-order valence-corrected chi connectivity index (χ4v) is 5.62. The monoisotopic (exact) mass is 554 g/mol. The Morgan fingerprint density at radius 3 is 2.46 bits per heavy atom. The number of likely N-dealkylation sites (tertiary alicyclic amines) is 1. The Bertz CT molecular complexity index is 1480. The second kappa shape index (κ2) is 12.4. The van der Waals surface area contributed by atoms with Crippen LogP contribution in [0.15, 0.2) is 79.0 Å². The number of fused-ring (bicyclic) bond motifs is 1. The number of amides is 1. The molecule has 4 atom stereocenters. The number of carbonyl (C=O) groups is 1. The number of nitrogens with zero attached hydrogens (tertiary/aromatic N) is 3. The Labute approximate surface area is 238 Å². The molecule has 4 aromatic rings. The third-order valence-electron chi connectivity index (χ3n) is 7.88. The van der Waals surface area contributed by atoms with Crippen LogP contribution in [0.1, 0.15) is 58.8 Å². The zero-order valence-electron chi connectivity index (χ0n) is 22.7. The van der Waals surface area contributed by atoms with Gasteiger partial charge in [0.05, 0.1) is 42.7 Å². The molecule has 2 aliphatic heterocycles. The summed E-state index contributed by atoms with van der Waals surface area (Å²) in [5.41, 5.74) is 4.99. The lowest BCUT2D eigenvalue weighted by Crippen LogP contribution is -2.42. The largest absolute Gasteiger partial charge is 0.395 e. The first kappa shape index (κ1) is 27.4. The molecule has 2 aliphatic rings. The first-order valence-electron chi connectivity index (χ1n) is 14.1. The van der Waals surface area contributed by atoms with Crippen molar-refractivity contribution in [2.45, 2.75) is 50.4 Å². The van der Waals surface area contributed by atoms with Crippen LogP contribution in [0.5, 0.6) is 0 Å². The van der Waals surface area contributed by atoms with Crippen LogP contribution in [0.2, 0.25) is 0 Å². The molecule has 2 fully saturated rings. The number of aromatic nitrogens is 2. The van der Waals surface area contributed by atoms with Crippen molar-refractivity contribution in [1.29, 1.82) is 0 Å². The third-order valence-corrected chi connectivity index (χ3v) is 7.88. The molecule has 1 aromatic heterocycles. The molecule has 9 heteroatoms. The van der Waals surface area contributed by atoms with E-state index in [2.05, 4.69) is 20.2 Å². The van der Waals surface area contributed by atoms with E-state index in [9.17, 15) is 15.0 Å². The van der Waals surface area contributed by atoms with Crippen LogP contribution in [0.25, 0.3) is 11.0 Å². The second-order valence-electron chi connectivity index (χ2n) is 10.6. The molecule has 3 aromatic carbocycles. The van der Waals surface area contributed by atoms with Crippen LogP contribution in [-0.2, 0) is 16.1 Å². The van der Waals surface area contributed by atoms with Crippen molar-refractivity contribution < 1.29 is 24.5 Å². The summed E-state index contributed by atoms with van der Waals surface area (Å²) in [6.45, 7) is 1.81. The molecule has 1 amide bonds. The lowest BCUT2D eigenvalue weighted by atomic mass is 9.99. The number of benzene rings is 3. The Kier molecular flexibility index (Phi) is 8.31. The van der Waals surface area contributed by atoms with Crippen LogP contribution >= 0.6 is 0 Å². The lowest BCUT2D eigenvalue weighted by Gasteiger charge is -2.38. The van der Waals surface area contributed by atoms with Gasteiger partial charge in [0, 0.05) is 30.3 Å². The molecular formula is C32H34N4O5. The number of nitrogens with one attached hydrogen (secondary N) is 1. The molecule has 0 radical (unpaired) electrons. The molecule has 0 bridgehead atoms. The summed E-state index contributed by atoms with van der Waals surface area (Å²) in [6, 6.07) is 22.9. The summed E-state index contributed by atoms with van der Waals surface area (Å²) < 4.78 is 12.9. The van der Waals surface area contributed by atoms with Gasteiger partial charge in [0.15, 0.2) is 6.29 Å². The molecule has 0 saturated carbocycles. The van der Waals surface area contributed by atoms with E-state index in [0.717, 1.165) is 48.1 Å². The molecule has 0 aliphatic carbocycles. The highest BCUT2D eigenvalue weighted by Crippen LogP contribution is 2.39. The van der Waals surface area contributed by atoms with E-state index in [1.807, 2.05) is 72.8 Å². The Balaban J connectivity index is 1.17. The SMILES string of the molecule is O=C(Nc1ccc([C@@H]2O[C@H](CN3CCC[C@H]3CO)C[C@H](c3ccc(CO)cc3)O2)cc1)c1cnc2ccccc2n1. The van der Waals surface area contributed by atoms with E-state index in [1.54, 1.807) is 0 Å². The Hall–Kier alpha value is -3.73. The fourth-order valence-electron chi connectivity index (χ4n) is 5.62. The minimum atomic E-state index is -0.595. The number of hydrogen-bond acceptors (Lipinski definition) is 8. The zero-order valence-corrected chi connectivity index (χ0v) is 22.7. The van der Waals surface area contributed by atoms with Gasteiger partial charge in [-0.1, -0.05) is 48.5 Å². The minimum Gasteiger partial charge on any atom is -0.395 e. The molecular weight excluding hydrogens is 520 g/mol. The van der Waals surface area contributed by atoms with Gasteiger partial charge in [-0.05, 0) is 54.8 Å². The fraction of sp³-hybridized carbons (Fsp3) is 0.344. The summed E-state index contributed by atoms with van der Waals surface area (Å²) in [4.78, 5) is 23.9. The molecule has 6 rings (SSSR count). The smallest absolute Gasteiger partial charge is 0.275 e. The number of ether oxygens (including phenoxy) is 2. The standard InChI is InChI=1S/C32H34N4O5/c37-19-21-7-9-22(10-8-21)30-16-26(18-36-15-3-4-25(36)20-38)40-32(41-30)23-11-13-24(14-12-23)34-31(39)29-17-33-27-5-1-2-6-28(27)35-29/h1-2,5-14,17,25-26,30,32,37-38H,3-4,15-16,18-20H2,(H,34,39)/t25-,26-,30+,32+/m0/s1. The highest BCUT2D eigenvalue weighted by molar-refractivity contribution is 6.03. The van der Waals surface area contributed by atoms with E-state index in [-0.39, 0.29) is 43.1 Å². The number of aliphatic hydroxyl groups excluding tert-OH is 2. The van der Waals surface area contributed by atoms with Gasteiger partial charge in [-0.3, -0.25) is 14.7 Å². The summed E-state index contributed by atoms with van der Waals surface area (Å²) in [5, 5.41) is 22.2. The van der Waals surface area contributed by atoms with Crippen LogP contribution in [-0.4, -0.2) is 62.8 Å². The van der Waals surface area contributed by atoms with Crippen molar-refractivity contribution in [3.8, 4) is 0 Å². The average molecular weight is 555 g/mol. The average Bonchev–Trinajstić information content (AvgIpc) is 3.48. The second-order valence-corrected chi connectivity index (χ2v) is 10.6. The zero-order chi connectivity index (χ0) is 28.2. The van der Waals surface area contributed by atoms with E-state index in [4.69, 9.17) is 9.47 Å². The number of carbonyl (C=O) groups excluding carboxylic acids is 1. The lowest BCUT2D eigenvalue weighted by molar-refractivity contribution is -0.253. The molecule has 0 spiro atoms. The summed E-state index contributed by atoms with van der Waals surface area (Å²) in [5.74, 6) is -0.336. The number of aliphatic hydroxyl groups is 2. The van der Waals surface area contributed by atoms with E-state index in [0.29, 0.717) is 17.6 Å². The van der Waals surface area contributed by atoms with Crippen LogP contribution < -0.4 is 5.32 Å². The highest BCUT2D eigenvalue weighted by atomic mass is 16.7. The molecule has 2 saturated heterocycles. The Morgan fingerprint density at radius 2 is 1.71 bits per heavy atom. The quantitative estimate of drug-likeness (QED) is 0.294. The number of para-hydroxylation sites is 2. The first-order chi connectivity index (χ1) is 20.1. The van der Waals surface area contributed by atoms with Crippen molar-refractivity contribution in [3.63, 3.8) is 0 Å². The van der Waals surface area contributed by atoms with Gasteiger partial charge < -0.3 is 25.0 Å². The van der Waals surface area contributed by atoms with E-state index < -0.39 is 6.29 Å². The molecule has 3 heterocycles. The van der Waals surface area contributed by atoms with Crippen LogP contribution in [0.3, 0.4) is 0 Å². The molecule has 0 unspecified atom stereocenters. The number of anilines is 1. The highest BCUT2D eigenvalue weighted by Gasteiger charge is 2.35. The molecule has 41 heavy (non-hydrogen) atoms. The summed E-state index contributed by atoms with van der Waals surface area (Å²) in [7, 11) is 0. The number of hydrogen-bond donors (Lipinski definition) is 3. The van der Waals surface area contributed by atoms with Crippen molar-refractivity contribution >= 4 is 22.6 Å². The molecule has 3 N–H and O–H groups in total. The van der Waals surface area contributed by atoms with Crippen LogP contribution in [0, 0.1) is 0 Å². The maximum Gasteiger partial charge on any atom is 0.275 e. The maximum absolute atomic E-state index is 12.8. The van der Waals surface area contributed by atoms with Crippen molar-refractivity contribution in [2.75, 3.05) is 25.0 Å². The van der Waals surface area contributed by atoms with Gasteiger partial charge >= 0.3 is 0 Å². The van der Waals surface area contributed by atoms with Gasteiger partial charge in [0.25, 0.3) is 5.91 Å². The topological polar surface area (TPSA) is 117 Å². The summed E-state index contributed by atoms with van der Waals surface area (Å²) >= 11 is 0. The molecule has 9 nitrogen and oxygen atoms in total. The predicted molar refractivity (Wildman–Crippen MR) is 154 cm³/mol. The first-order valence-corrected chi connectivity index (χ1v) is 14.1. The summed E-state index contributed by atoms with van der Waals surface area (Å²) in [6.07, 6.45) is 3.36. The normalized spacial score (nSPS) is 23.1. The predicted octanol–water partition coefficient (Wildman–Crippen LogP) is 4.38. The van der Waals surface area contributed by atoms with Crippen molar-refractivity contribution in [2.24, 2.45) is 0 Å². The maximum atomic E-state index is 12.8. The molecule has 212 valence electrons. The van der Waals surface area contributed by atoms with Gasteiger partial charge in [-0.15, -0.1) is 0 Å². The minimum absolute atomic E-state index is 0.00595. The van der Waals surface area contributed by atoms with Crippen LogP contribution in [0.4, 0.5) is 5.69 Å². The van der Waals surface area contributed by atoms with Gasteiger partial charge in [-0.25, -0.2) is 4.98 Å². The van der Waals surface area contributed by atoms with E-state index in [1.165, 1.54) is 6.20 Å². The van der Waals surface area contributed by atoms with Crippen molar-refractivity contribution in [1.82, 2.24) is 14.9 Å². The van der Waals surface area contributed by atoms with Gasteiger partial charge in [-0.2, -0.15) is 0 Å². The van der Waals surface area contributed by atoms with E-state index >= 15 is 0 Å². The van der Waals surface area contributed by atoms with Crippen molar-refractivity contribution in [3.05, 3.63) is 101 Å². The number of rotatable bonds is 8. The van der Waals surface area contributed by atoms with Gasteiger partial charge in [0.2, 0.25) is 0 Å².